The van der Waals surface area contributed by atoms with Crippen LogP contribution in [-0.4, -0.2) is 42.2 Å². The summed E-state index contributed by atoms with van der Waals surface area (Å²) in [7, 11) is 0. The van der Waals surface area contributed by atoms with Gasteiger partial charge in [0.25, 0.3) is 0 Å². The Balaban J connectivity index is 2.42. The van der Waals surface area contributed by atoms with Crippen molar-refractivity contribution < 1.29 is 0 Å². The summed E-state index contributed by atoms with van der Waals surface area (Å²) in [5.74, 6) is 0. The van der Waals surface area contributed by atoms with Crippen LogP contribution in [0.15, 0.2) is 0 Å². The number of rotatable bonds is 2. The van der Waals surface area contributed by atoms with Crippen molar-refractivity contribution in [3.8, 4) is 0 Å². The molecule has 3 heteroatoms. The summed E-state index contributed by atoms with van der Waals surface area (Å²) in [6.45, 7) is 11.9. The molecule has 0 spiro atoms. The summed E-state index contributed by atoms with van der Waals surface area (Å²) in [6, 6.07) is 1.18. The van der Waals surface area contributed by atoms with E-state index in [1.807, 2.05) is 0 Å². The largest absolute Gasteiger partial charge is 0.324 e. The number of piperazine rings is 1. The summed E-state index contributed by atoms with van der Waals surface area (Å²) in [4.78, 5) is 2.45. The molecule has 1 heterocycles. The first-order valence-electron chi connectivity index (χ1n) is 5.14. The van der Waals surface area contributed by atoms with Crippen LogP contribution >= 0.6 is 0 Å². The molecule has 1 rings (SSSR count). The highest BCUT2D eigenvalue weighted by Crippen LogP contribution is 2.08. The van der Waals surface area contributed by atoms with Gasteiger partial charge in [0.1, 0.15) is 0 Å². The second kappa shape index (κ2) is 3.95. The van der Waals surface area contributed by atoms with Gasteiger partial charge in [0.2, 0.25) is 0 Å². The second-order valence-electron chi connectivity index (χ2n) is 5.15. The van der Waals surface area contributed by atoms with Gasteiger partial charge >= 0.3 is 0 Å². The Morgan fingerprint density at radius 2 is 1.77 bits per heavy atom. The van der Waals surface area contributed by atoms with Crippen molar-refractivity contribution in [1.82, 2.24) is 10.2 Å². The van der Waals surface area contributed by atoms with Gasteiger partial charge in [0, 0.05) is 37.3 Å². The molecule has 0 aromatic rings. The first-order chi connectivity index (χ1) is 5.87. The van der Waals surface area contributed by atoms with Crippen LogP contribution in [0.2, 0.25) is 0 Å². The number of hydrogen-bond acceptors (Lipinski definition) is 3. The Morgan fingerprint density at radius 1 is 1.31 bits per heavy atom. The maximum absolute atomic E-state index is 6.00. The van der Waals surface area contributed by atoms with Crippen LogP contribution in [0.5, 0.6) is 0 Å². The molecule has 0 bridgehead atoms. The highest BCUT2D eigenvalue weighted by molar-refractivity contribution is 4.85. The first kappa shape index (κ1) is 11.0. The molecule has 0 aromatic heterocycles. The molecular formula is C10H23N3. The quantitative estimate of drug-likeness (QED) is 0.654. The third kappa shape index (κ3) is 4.07. The molecule has 0 amide bonds. The van der Waals surface area contributed by atoms with E-state index in [4.69, 9.17) is 5.73 Å². The Labute approximate surface area is 81.7 Å². The van der Waals surface area contributed by atoms with Crippen LogP contribution in [-0.2, 0) is 0 Å². The van der Waals surface area contributed by atoms with Crippen molar-refractivity contribution in [2.45, 2.75) is 45.3 Å². The lowest BCUT2D eigenvalue weighted by molar-refractivity contribution is 0.148. The van der Waals surface area contributed by atoms with E-state index >= 15 is 0 Å². The van der Waals surface area contributed by atoms with Crippen molar-refractivity contribution in [1.29, 1.82) is 0 Å². The number of nitrogens with two attached hydrogens (primary N) is 1. The van der Waals surface area contributed by atoms with Gasteiger partial charge in [-0.3, -0.25) is 4.90 Å². The predicted octanol–water partition coefficient (Wildman–Crippen LogP) is 0.406. The Kier molecular flexibility index (Phi) is 3.33. The number of nitrogens with zero attached hydrogens (tertiary/aromatic N) is 1. The molecule has 1 fully saturated rings. The minimum Gasteiger partial charge on any atom is -0.324 e. The molecule has 3 N–H and O–H groups in total. The fraction of sp³-hybridized carbons (Fsp3) is 1.00. The van der Waals surface area contributed by atoms with Crippen molar-refractivity contribution in [3.05, 3.63) is 0 Å². The molecule has 0 radical (unpaired) electrons. The molecule has 0 aromatic carbocycles. The Hall–Kier alpha value is -0.120. The van der Waals surface area contributed by atoms with Crippen molar-refractivity contribution in [2.24, 2.45) is 5.73 Å². The maximum Gasteiger partial charge on any atom is 0.0226 e. The van der Waals surface area contributed by atoms with Gasteiger partial charge in [0.15, 0.2) is 0 Å². The van der Waals surface area contributed by atoms with E-state index in [1.54, 1.807) is 0 Å². The predicted molar refractivity (Wildman–Crippen MR) is 56.8 cm³/mol. The van der Waals surface area contributed by atoms with E-state index in [0.29, 0.717) is 12.1 Å². The number of hydrogen-bond donors (Lipinski definition) is 2. The third-order valence-corrected chi connectivity index (χ3v) is 2.26. The molecule has 2 atom stereocenters. The lowest BCUT2D eigenvalue weighted by Crippen LogP contribution is -2.58. The van der Waals surface area contributed by atoms with E-state index < -0.39 is 0 Å². The molecule has 2 unspecified atom stereocenters. The monoisotopic (exact) mass is 185 g/mol. The molecule has 0 saturated carbocycles. The van der Waals surface area contributed by atoms with Crippen LogP contribution in [0, 0.1) is 0 Å². The van der Waals surface area contributed by atoms with Crippen LogP contribution in [0.1, 0.15) is 27.7 Å². The molecule has 1 aliphatic rings. The standard InChI is InChI=1S/C10H23N3/c1-8-5-13(6-9(2)12-8)7-10(3,4)11/h8-9,12H,5-7,11H2,1-4H3. The molecule has 78 valence electrons. The Morgan fingerprint density at radius 3 is 2.15 bits per heavy atom. The van der Waals surface area contributed by atoms with Gasteiger partial charge in [-0.15, -0.1) is 0 Å². The van der Waals surface area contributed by atoms with E-state index in [-0.39, 0.29) is 5.54 Å². The van der Waals surface area contributed by atoms with Crippen LogP contribution < -0.4 is 11.1 Å². The van der Waals surface area contributed by atoms with Crippen LogP contribution in [0.4, 0.5) is 0 Å². The second-order valence-corrected chi connectivity index (χ2v) is 5.15. The topological polar surface area (TPSA) is 41.3 Å². The van der Waals surface area contributed by atoms with Gasteiger partial charge in [-0.1, -0.05) is 0 Å². The lowest BCUT2D eigenvalue weighted by atomic mass is 10.0. The van der Waals surface area contributed by atoms with E-state index in [0.717, 1.165) is 19.6 Å². The third-order valence-electron chi connectivity index (χ3n) is 2.26. The molecule has 1 saturated heterocycles. The van der Waals surface area contributed by atoms with Crippen molar-refractivity contribution >= 4 is 0 Å². The zero-order chi connectivity index (χ0) is 10.1. The van der Waals surface area contributed by atoms with E-state index in [2.05, 4.69) is 37.9 Å². The van der Waals surface area contributed by atoms with Gasteiger partial charge in [-0.25, -0.2) is 0 Å². The molecular weight excluding hydrogens is 162 g/mol. The number of nitrogens with one attached hydrogen (secondary N) is 1. The van der Waals surface area contributed by atoms with Gasteiger partial charge in [-0.05, 0) is 27.7 Å². The fourth-order valence-electron chi connectivity index (χ4n) is 2.15. The highest BCUT2D eigenvalue weighted by Gasteiger charge is 2.24. The summed E-state index contributed by atoms with van der Waals surface area (Å²) < 4.78 is 0. The minimum atomic E-state index is -0.0726. The summed E-state index contributed by atoms with van der Waals surface area (Å²) in [5.41, 5.74) is 5.92. The SMILES string of the molecule is CC1CN(CC(C)(C)N)CC(C)N1. The summed E-state index contributed by atoms with van der Waals surface area (Å²) in [6.07, 6.45) is 0. The highest BCUT2D eigenvalue weighted by atomic mass is 15.2. The zero-order valence-corrected chi connectivity index (χ0v) is 9.30. The van der Waals surface area contributed by atoms with Gasteiger partial charge in [-0.2, -0.15) is 0 Å². The molecule has 0 aliphatic carbocycles. The van der Waals surface area contributed by atoms with Gasteiger partial charge < -0.3 is 11.1 Å². The Bertz CT molecular complexity index is 152. The lowest BCUT2D eigenvalue weighted by Gasteiger charge is -2.39. The fourth-order valence-corrected chi connectivity index (χ4v) is 2.15. The van der Waals surface area contributed by atoms with Crippen molar-refractivity contribution in [3.63, 3.8) is 0 Å². The summed E-state index contributed by atoms with van der Waals surface area (Å²) >= 11 is 0. The van der Waals surface area contributed by atoms with Gasteiger partial charge in [0.05, 0.1) is 0 Å². The maximum atomic E-state index is 6.00. The minimum absolute atomic E-state index is 0.0726. The smallest absolute Gasteiger partial charge is 0.0226 e. The average molecular weight is 185 g/mol. The van der Waals surface area contributed by atoms with E-state index in [9.17, 15) is 0 Å². The first-order valence-corrected chi connectivity index (χ1v) is 5.14. The van der Waals surface area contributed by atoms with Crippen LogP contribution in [0.3, 0.4) is 0 Å². The van der Waals surface area contributed by atoms with Crippen LogP contribution in [0.25, 0.3) is 0 Å². The molecule has 1 aliphatic heterocycles. The van der Waals surface area contributed by atoms with E-state index in [1.165, 1.54) is 0 Å². The molecule has 3 nitrogen and oxygen atoms in total. The normalized spacial score (nSPS) is 32.1. The molecule has 13 heavy (non-hydrogen) atoms. The average Bonchev–Trinajstić information content (AvgIpc) is 1.78. The summed E-state index contributed by atoms with van der Waals surface area (Å²) in [5, 5.41) is 3.51. The zero-order valence-electron chi connectivity index (χ0n) is 9.30. The van der Waals surface area contributed by atoms with Crippen molar-refractivity contribution in [2.75, 3.05) is 19.6 Å².